The Labute approximate surface area is 580 Å². The van der Waals surface area contributed by atoms with Crippen LogP contribution in [0.3, 0.4) is 0 Å². The molecule has 8 atom stereocenters. The van der Waals surface area contributed by atoms with Crippen LogP contribution < -0.4 is 54.0 Å². The van der Waals surface area contributed by atoms with Gasteiger partial charge in [0.15, 0.2) is 0 Å². The molecule has 9 rings (SSSR count). The van der Waals surface area contributed by atoms with E-state index in [1.165, 1.54) is 108 Å². The number of fused-ring (bicyclic) bond motifs is 5. The monoisotopic (exact) mass is 1420 g/mol. The van der Waals surface area contributed by atoms with Gasteiger partial charge in [0.25, 0.3) is 0 Å². The first-order chi connectivity index (χ1) is 48.1. The van der Waals surface area contributed by atoms with Crippen molar-refractivity contribution in [1.82, 2.24) is 67.4 Å². The molecule has 0 saturated carbocycles. The second-order valence-corrected chi connectivity index (χ2v) is 26.6. The lowest BCUT2D eigenvalue weighted by atomic mass is 10.0. The second kappa shape index (κ2) is 35.4. The van der Waals surface area contributed by atoms with Gasteiger partial charge in [-0.25, -0.2) is 13.8 Å². The number of rotatable bonds is 15. The molecule has 10 amide bonds. The van der Waals surface area contributed by atoms with Crippen LogP contribution in [-0.4, -0.2) is 180 Å². The van der Waals surface area contributed by atoms with Crippen molar-refractivity contribution in [3.8, 4) is 5.75 Å². The average molecular weight is 1420 g/mol. The first-order valence-corrected chi connectivity index (χ1v) is 34.8. The van der Waals surface area contributed by atoms with Crippen LogP contribution in [0.1, 0.15) is 78.5 Å². The molecule has 7 aromatic rings. The molecular weight excluding hydrogens is 1340 g/mol. The molecule has 1 saturated heterocycles. The number of aliphatic carboxylic acids is 1. The van der Waals surface area contributed by atoms with Gasteiger partial charge in [-0.1, -0.05) is 36.4 Å². The number of aromatic amines is 3. The number of halogens is 2. The quantitative estimate of drug-likeness (QED) is 0.0651. The first-order valence-electron chi connectivity index (χ1n) is 32.5. The van der Waals surface area contributed by atoms with Gasteiger partial charge in [-0.2, -0.15) is 23.5 Å². The molecule has 17 N–H and O–H groups in total. The summed E-state index contributed by atoms with van der Waals surface area (Å²) in [5, 5.41) is 42.0. The number of carbonyl (C=O) groups is 11. The lowest BCUT2D eigenvalue weighted by Gasteiger charge is -2.31. The zero-order valence-electron chi connectivity index (χ0n) is 54.2. The van der Waals surface area contributed by atoms with Gasteiger partial charge in [0.1, 0.15) is 65.7 Å². The van der Waals surface area contributed by atoms with Crippen molar-refractivity contribution in [2.45, 2.75) is 130 Å². The van der Waals surface area contributed by atoms with E-state index in [0.29, 0.717) is 70.6 Å². The number of benzene rings is 4. The number of primary amides is 1. The summed E-state index contributed by atoms with van der Waals surface area (Å²) in [6, 6.07) is 8.87. The number of thioether (sulfide) groups is 2. The maximum Gasteiger partial charge on any atom is 0.305 e. The van der Waals surface area contributed by atoms with E-state index in [2.05, 4.69) is 62.5 Å². The van der Waals surface area contributed by atoms with Crippen molar-refractivity contribution in [1.29, 1.82) is 0 Å². The van der Waals surface area contributed by atoms with E-state index in [9.17, 15) is 57.4 Å². The number of aromatic nitrogens is 4. The van der Waals surface area contributed by atoms with Gasteiger partial charge in [-0.05, 0) is 115 Å². The van der Waals surface area contributed by atoms with E-state index in [1.54, 1.807) is 0 Å². The molecule has 32 heteroatoms. The largest absolute Gasteiger partial charge is 0.508 e. The third kappa shape index (κ3) is 20.9. The molecule has 28 nitrogen and oxygen atoms in total. The molecule has 0 aliphatic carbocycles. The molecule has 4 aromatic carbocycles. The minimum atomic E-state index is -2.04. The molecule has 2 aliphatic heterocycles. The van der Waals surface area contributed by atoms with Gasteiger partial charge in [0.05, 0.1) is 19.3 Å². The van der Waals surface area contributed by atoms with Crippen LogP contribution in [0.2, 0.25) is 0 Å². The van der Waals surface area contributed by atoms with Gasteiger partial charge in [-0.3, -0.25) is 52.7 Å². The number of hydrogen-bond donors (Lipinski definition) is 15. The topological polar surface area (TPSA) is 440 Å². The second-order valence-electron chi connectivity index (χ2n) is 24.4. The Bertz CT molecular complexity index is 4100. The van der Waals surface area contributed by atoms with E-state index in [4.69, 9.17) is 11.5 Å². The van der Waals surface area contributed by atoms with Crippen molar-refractivity contribution in [3.63, 3.8) is 0 Å². The van der Waals surface area contributed by atoms with E-state index in [1.807, 2.05) is 24.3 Å². The van der Waals surface area contributed by atoms with Crippen molar-refractivity contribution in [3.05, 3.63) is 155 Å². The molecule has 530 valence electrons. The van der Waals surface area contributed by atoms with Gasteiger partial charge in [-0.15, -0.1) is 0 Å². The van der Waals surface area contributed by atoms with Crippen LogP contribution >= 0.6 is 23.5 Å². The summed E-state index contributed by atoms with van der Waals surface area (Å²) < 4.78 is 29.8. The molecule has 0 radical (unpaired) electrons. The number of nitrogens with two attached hydrogens (primary N) is 2. The van der Waals surface area contributed by atoms with Crippen LogP contribution in [0.15, 0.2) is 110 Å². The smallest absolute Gasteiger partial charge is 0.305 e. The van der Waals surface area contributed by atoms with Crippen LogP contribution in [-0.2, 0) is 89.9 Å². The predicted molar refractivity (Wildman–Crippen MR) is 367 cm³/mol. The van der Waals surface area contributed by atoms with E-state index >= 15 is 14.4 Å². The third-order valence-corrected chi connectivity index (χ3v) is 19.1. The van der Waals surface area contributed by atoms with Crippen molar-refractivity contribution in [2.24, 2.45) is 11.5 Å². The van der Waals surface area contributed by atoms with Crippen molar-refractivity contribution >= 4 is 110 Å². The Hall–Kier alpha value is -10.3. The number of nitrogens with zero attached hydrogens (tertiary/aromatic N) is 2. The summed E-state index contributed by atoms with van der Waals surface area (Å²) in [6.07, 6.45) is 4.52. The maximum absolute atomic E-state index is 15.0. The number of unbranched alkanes of at least 4 members (excludes halogenated alkanes) is 1. The van der Waals surface area contributed by atoms with Crippen molar-refractivity contribution in [2.75, 3.05) is 31.1 Å². The summed E-state index contributed by atoms with van der Waals surface area (Å²) in [7, 11) is 0. The summed E-state index contributed by atoms with van der Waals surface area (Å²) in [5.41, 5.74) is 15.5. The number of hydrogen-bond acceptors (Lipinski definition) is 16. The summed E-state index contributed by atoms with van der Waals surface area (Å²) in [4.78, 5) is 170. The van der Waals surface area contributed by atoms with Crippen LogP contribution in [0.5, 0.6) is 5.75 Å². The highest BCUT2D eigenvalue weighted by molar-refractivity contribution is 7.98. The number of carbonyl (C=O) groups excluding carboxylic acids is 10. The van der Waals surface area contributed by atoms with Gasteiger partial charge in [0, 0.05) is 108 Å². The number of carboxylic acids is 1. The average Bonchev–Trinajstić information content (AvgIpc) is 1.64. The summed E-state index contributed by atoms with van der Waals surface area (Å²) in [5.74, 6) is -10.6. The Morgan fingerprint density at radius 3 is 1.82 bits per heavy atom. The Morgan fingerprint density at radius 2 is 1.21 bits per heavy atom. The van der Waals surface area contributed by atoms with Crippen LogP contribution in [0.4, 0.5) is 8.78 Å². The molecule has 0 spiro atoms. The number of phenolic OH excluding ortho intramolecular Hbond substituents is 1. The third-order valence-electron chi connectivity index (χ3n) is 17.0. The lowest BCUT2D eigenvalue weighted by molar-refractivity contribution is -0.143. The highest BCUT2D eigenvalue weighted by atomic mass is 32.2. The highest BCUT2D eigenvalue weighted by Crippen LogP contribution is 2.26. The number of aromatic hydroxyl groups is 1. The van der Waals surface area contributed by atoms with Crippen LogP contribution in [0.25, 0.3) is 21.8 Å². The van der Waals surface area contributed by atoms with E-state index in [-0.39, 0.29) is 73.2 Å². The van der Waals surface area contributed by atoms with Gasteiger partial charge in [0.2, 0.25) is 59.1 Å². The minimum Gasteiger partial charge on any atom is -0.508 e. The molecule has 2 bridgehead atoms. The Morgan fingerprint density at radius 1 is 0.620 bits per heavy atom. The molecule has 1 fully saturated rings. The molecule has 2 aliphatic rings. The van der Waals surface area contributed by atoms with Crippen molar-refractivity contribution < 1.29 is 71.7 Å². The number of imidazole rings is 1. The van der Waals surface area contributed by atoms with Gasteiger partial charge < -0.3 is 84.1 Å². The highest BCUT2D eigenvalue weighted by Gasteiger charge is 2.41. The van der Waals surface area contributed by atoms with Crippen LogP contribution in [0, 0.1) is 11.6 Å². The number of phenols is 1. The summed E-state index contributed by atoms with van der Waals surface area (Å²) in [6.45, 7) is -0.409. The fraction of sp³-hybridized carbons (Fsp3) is 0.382. The maximum atomic E-state index is 15.0. The fourth-order valence-corrected chi connectivity index (χ4v) is 13.8. The standard InChI is InChI=1S/C68H79F2N15O13S2/c69-42-11-15-48-46(25-42)40(29-74-48)23-51-63(93)80-52(24-41-30-75-49-16-12-43(70)26-47(41)49)64(94)82-54(28-60(89)90)66(96)81-53(27-44-31-73-36-77-44)65(95)83-55(22-37-9-13-45(86)14-10-37)68(98)85-19-4-8-57(85)67(97)84-56(61(72)91)35-100-34-39-6-3-5-38(21-39)33-99-20-17-58(87)78-50(7-1-2-18-71)62(92)76-32-59(88)79-51/h3,5-6,9-16,21,25-26,29-31,36,50-57,74-75,86H,1-2,4,7-8,17-20,22-24,27-28,32-35,71H2,(H2,72,91)(H,73,77)(H,76,92)(H,78,87)(H,79,88)(H,80,93)(H,81,96)(H,82,94)(H,83,95)(H,84,97)(H,89,90)/t50-,51-,52-,53-,54-,55+,56-,57-/m0/s1. The number of carboxylic acid groups (broad SMARTS) is 1. The molecule has 100 heavy (non-hydrogen) atoms. The number of H-pyrrole nitrogens is 3. The minimum absolute atomic E-state index is 0.0105. The Balaban J connectivity index is 1.05. The zero-order valence-corrected chi connectivity index (χ0v) is 55.9. The molecule has 5 heterocycles. The van der Waals surface area contributed by atoms with E-state index < -0.39 is 144 Å². The fourth-order valence-electron chi connectivity index (χ4n) is 11.9. The summed E-state index contributed by atoms with van der Waals surface area (Å²) >= 11 is 2.79. The Kier molecular flexibility index (Phi) is 26.2. The predicted octanol–water partition coefficient (Wildman–Crippen LogP) is 1.79. The zero-order chi connectivity index (χ0) is 71.4. The lowest BCUT2D eigenvalue weighted by Crippen LogP contribution is -2.61. The van der Waals surface area contributed by atoms with E-state index in [0.717, 1.165) is 17.2 Å². The molecule has 3 aromatic heterocycles. The number of nitrogens with one attached hydrogen (secondary N) is 11. The molecular formula is C68H79F2N15O13S2. The van der Waals surface area contributed by atoms with Gasteiger partial charge >= 0.3 is 5.97 Å². The SMILES string of the molecule is NCCCC[C@@H]1NC(=O)CCSCc2cccc(c2)CSC[C@@H](C(N)=O)NC(=O)[C@@H]2CCCN2C(=O)[C@@H](Cc2ccc(O)cc2)NC(=O)[C@H](Cc2cnc[nH]2)NC(=O)[C@H](CC(=O)O)NC(=O)[C@H](Cc2c[nH]c3ccc(F)cc23)NC(=O)[C@H](Cc2c[nH]c3ccc(F)cc23)NC(=O)CNC1=O. The number of amides is 10. The molecule has 0 unspecified atom stereocenters. The normalized spacial score (nSPS) is 22.1. The first kappa shape index (κ1) is 73.9.